The van der Waals surface area contributed by atoms with Gasteiger partial charge in [-0.3, -0.25) is 0 Å². The fraction of sp³-hybridized carbons (Fsp3) is 0.600. The second kappa shape index (κ2) is 4.99. The van der Waals surface area contributed by atoms with Crippen molar-refractivity contribution >= 4 is 0 Å². The van der Waals surface area contributed by atoms with Crippen LogP contribution in [0.2, 0.25) is 0 Å². The first-order valence-electron chi connectivity index (χ1n) is 4.41. The summed E-state index contributed by atoms with van der Waals surface area (Å²) in [6, 6.07) is 3.67. The van der Waals surface area contributed by atoms with Crippen molar-refractivity contribution in [2.24, 2.45) is 0 Å². The Morgan fingerprint density at radius 3 is 1.67 bits per heavy atom. The van der Waals surface area contributed by atoms with Crippen LogP contribution in [0.5, 0.6) is 0 Å². The predicted octanol–water partition coefficient (Wildman–Crippen LogP) is 2.85. The minimum Gasteiger partial charge on any atom is -0.473 e. The molecular weight excluding hydrogens is 152 g/mol. The zero-order valence-electron chi connectivity index (χ0n) is 7.69. The van der Waals surface area contributed by atoms with Crippen molar-refractivity contribution in [2.45, 2.75) is 38.9 Å². The van der Waals surface area contributed by atoms with E-state index >= 15 is 0 Å². The van der Waals surface area contributed by atoms with Crippen molar-refractivity contribution in [3.8, 4) is 0 Å². The minimum atomic E-state index is 0.523. The minimum absolute atomic E-state index is 0.523. The molecule has 1 saturated heterocycles. The Kier molecular flexibility index (Phi) is 3.88. The molecule has 1 fully saturated rings. The highest BCUT2D eigenvalue weighted by atomic mass is 16.5. The van der Waals surface area contributed by atoms with E-state index in [1.165, 1.54) is 12.8 Å². The van der Waals surface area contributed by atoms with E-state index in [1.807, 2.05) is 12.1 Å². The van der Waals surface area contributed by atoms with E-state index in [-0.39, 0.29) is 0 Å². The van der Waals surface area contributed by atoms with Crippen molar-refractivity contribution in [3.63, 3.8) is 0 Å². The maximum Gasteiger partial charge on any atom is 0.0902 e. The third-order valence-electron chi connectivity index (χ3n) is 1.87. The molecule has 0 saturated carbocycles. The maximum absolute atomic E-state index is 5.36. The summed E-state index contributed by atoms with van der Waals surface area (Å²) in [5.41, 5.74) is 0. The van der Waals surface area contributed by atoms with Gasteiger partial charge in [0, 0.05) is 0 Å². The van der Waals surface area contributed by atoms with Crippen LogP contribution in [0.1, 0.15) is 26.7 Å². The summed E-state index contributed by atoms with van der Waals surface area (Å²) < 4.78 is 9.94. The Morgan fingerprint density at radius 1 is 1.00 bits per heavy atom. The predicted molar refractivity (Wildman–Crippen MR) is 48.0 cm³/mol. The Bertz CT molecular complexity index is 157. The second-order valence-corrected chi connectivity index (χ2v) is 3.13. The van der Waals surface area contributed by atoms with Gasteiger partial charge >= 0.3 is 0 Å². The molecule has 2 nitrogen and oxygen atoms in total. The number of hydrogen-bond acceptors (Lipinski definition) is 2. The van der Waals surface area contributed by atoms with E-state index in [4.69, 9.17) is 4.74 Å². The molecule has 1 aromatic rings. The van der Waals surface area contributed by atoms with E-state index in [9.17, 15) is 0 Å². The highest BCUT2D eigenvalue weighted by Crippen LogP contribution is 2.17. The summed E-state index contributed by atoms with van der Waals surface area (Å²) in [4.78, 5) is 0. The largest absolute Gasteiger partial charge is 0.473 e. The first-order valence-corrected chi connectivity index (χ1v) is 4.41. The second-order valence-electron chi connectivity index (χ2n) is 3.13. The molecule has 2 rings (SSSR count). The van der Waals surface area contributed by atoms with Crippen LogP contribution in [0, 0.1) is 0 Å². The standard InChI is InChI=1S/C6H12O.C4H4O/c1-5-3-4-6(2)7-5;1-2-4-5-3-1/h5-6H,3-4H2,1-2H3;1-4H. The molecule has 0 radical (unpaired) electrons. The molecule has 0 aromatic carbocycles. The van der Waals surface area contributed by atoms with Crippen LogP contribution >= 0.6 is 0 Å². The molecule has 0 aliphatic carbocycles. The summed E-state index contributed by atoms with van der Waals surface area (Å²) in [7, 11) is 0. The normalized spacial score (nSPS) is 27.8. The number of ether oxygens (including phenoxy) is 1. The molecule has 0 amide bonds. The van der Waals surface area contributed by atoms with Gasteiger partial charge in [0.25, 0.3) is 0 Å². The molecule has 68 valence electrons. The summed E-state index contributed by atoms with van der Waals surface area (Å²) in [6.45, 7) is 4.26. The number of hydrogen-bond donors (Lipinski definition) is 0. The van der Waals surface area contributed by atoms with Gasteiger partial charge in [-0.05, 0) is 38.8 Å². The monoisotopic (exact) mass is 168 g/mol. The van der Waals surface area contributed by atoms with E-state index in [1.54, 1.807) is 12.5 Å². The summed E-state index contributed by atoms with van der Waals surface area (Å²) in [5, 5.41) is 0. The van der Waals surface area contributed by atoms with Crippen molar-refractivity contribution in [1.29, 1.82) is 0 Å². The lowest BCUT2D eigenvalue weighted by atomic mass is 10.2. The lowest BCUT2D eigenvalue weighted by Gasteiger charge is -2.01. The SMILES string of the molecule is CC1CCC(C)O1.c1ccoc1. The molecule has 1 aliphatic heterocycles. The van der Waals surface area contributed by atoms with Gasteiger partial charge in [-0.15, -0.1) is 0 Å². The smallest absolute Gasteiger partial charge is 0.0902 e. The van der Waals surface area contributed by atoms with Crippen LogP contribution in [0.4, 0.5) is 0 Å². The van der Waals surface area contributed by atoms with Crippen LogP contribution in [-0.2, 0) is 4.74 Å². The van der Waals surface area contributed by atoms with E-state index in [0.717, 1.165) is 0 Å². The third-order valence-corrected chi connectivity index (χ3v) is 1.87. The van der Waals surface area contributed by atoms with Gasteiger partial charge in [0.05, 0.1) is 24.7 Å². The van der Waals surface area contributed by atoms with Crippen molar-refractivity contribution < 1.29 is 9.15 Å². The Labute approximate surface area is 73.5 Å². The highest BCUT2D eigenvalue weighted by Gasteiger charge is 2.16. The number of furan rings is 1. The third kappa shape index (κ3) is 3.58. The summed E-state index contributed by atoms with van der Waals surface area (Å²) >= 11 is 0. The van der Waals surface area contributed by atoms with E-state index in [2.05, 4.69) is 18.3 Å². The molecule has 12 heavy (non-hydrogen) atoms. The van der Waals surface area contributed by atoms with Crippen LogP contribution in [0.25, 0.3) is 0 Å². The lowest BCUT2D eigenvalue weighted by molar-refractivity contribution is 0.0673. The van der Waals surface area contributed by atoms with Crippen LogP contribution in [0.3, 0.4) is 0 Å². The molecule has 2 heteroatoms. The quantitative estimate of drug-likeness (QED) is 0.594. The van der Waals surface area contributed by atoms with Crippen LogP contribution in [-0.4, -0.2) is 12.2 Å². The van der Waals surface area contributed by atoms with E-state index < -0.39 is 0 Å². The zero-order chi connectivity index (χ0) is 8.81. The van der Waals surface area contributed by atoms with Gasteiger partial charge in [0.1, 0.15) is 0 Å². The molecule has 0 spiro atoms. The first-order chi connectivity index (χ1) is 5.79. The van der Waals surface area contributed by atoms with Gasteiger partial charge in [0.15, 0.2) is 0 Å². The average Bonchev–Trinajstić information content (AvgIpc) is 2.63. The highest BCUT2D eigenvalue weighted by molar-refractivity contribution is 4.79. The molecule has 2 atom stereocenters. The Hall–Kier alpha value is -0.760. The van der Waals surface area contributed by atoms with Gasteiger partial charge in [-0.1, -0.05) is 0 Å². The number of rotatable bonds is 0. The van der Waals surface area contributed by atoms with E-state index in [0.29, 0.717) is 12.2 Å². The Morgan fingerprint density at radius 2 is 1.50 bits per heavy atom. The van der Waals surface area contributed by atoms with Crippen molar-refractivity contribution in [3.05, 3.63) is 24.7 Å². The fourth-order valence-electron chi connectivity index (χ4n) is 1.23. The molecule has 0 bridgehead atoms. The summed E-state index contributed by atoms with van der Waals surface area (Å²) in [6.07, 6.45) is 6.80. The van der Waals surface area contributed by atoms with Crippen molar-refractivity contribution in [2.75, 3.05) is 0 Å². The first kappa shape index (κ1) is 9.33. The van der Waals surface area contributed by atoms with Gasteiger partial charge in [-0.25, -0.2) is 0 Å². The van der Waals surface area contributed by atoms with Gasteiger partial charge < -0.3 is 9.15 Å². The zero-order valence-corrected chi connectivity index (χ0v) is 7.69. The Balaban J connectivity index is 0.000000127. The molecule has 2 unspecified atom stereocenters. The molecular formula is C10H16O2. The van der Waals surface area contributed by atoms with Crippen LogP contribution in [0.15, 0.2) is 29.1 Å². The van der Waals surface area contributed by atoms with Crippen molar-refractivity contribution in [1.82, 2.24) is 0 Å². The molecule has 0 N–H and O–H groups in total. The molecule has 1 aromatic heterocycles. The van der Waals surface area contributed by atoms with Gasteiger partial charge in [-0.2, -0.15) is 0 Å². The topological polar surface area (TPSA) is 22.4 Å². The van der Waals surface area contributed by atoms with Gasteiger partial charge in [0.2, 0.25) is 0 Å². The lowest BCUT2D eigenvalue weighted by Crippen LogP contribution is -2.01. The van der Waals surface area contributed by atoms with Crippen LogP contribution < -0.4 is 0 Å². The summed E-state index contributed by atoms with van der Waals surface area (Å²) in [5.74, 6) is 0. The average molecular weight is 168 g/mol. The molecule has 1 aliphatic rings. The molecule has 2 heterocycles. The maximum atomic E-state index is 5.36. The fourth-order valence-corrected chi connectivity index (χ4v) is 1.23.